The lowest BCUT2D eigenvalue weighted by molar-refractivity contribution is 0.0505. The van der Waals surface area contributed by atoms with Crippen molar-refractivity contribution in [2.75, 3.05) is 13.2 Å². The molecule has 1 aliphatic carbocycles. The smallest absolute Gasteiger partial charge is 0.359 e. The van der Waals surface area contributed by atoms with Gasteiger partial charge in [0.2, 0.25) is 0 Å². The molecule has 0 saturated heterocycles. The average Bonchev–Trinajstić information content (AvgIpc) is 3.17. The van der Waals surface area contributed by atoms with Gasteiger partial charge in [0, 0.05) is 22.6 Å². The number of aromatic nitrogens is 2. The number of carbonyl (C=O) groups is 3. The highest BCUT2D eigenvalue weighted by Gasteiger charge is 2.61. The van der Waals surface area contributed by atoms with Gasteiger partial charge >= 0.3 is 11.9 Å². The molecule has 0 N–H and O–H groups in total. The third-order valence-electron chi connectivity index (χ3n) is 4.89. The van der Waals surface area contributed by atoms with Crippen LogP contribution in [0, 0.1) is 6.92 Å². The minimum atomic E-state index is -3.09. The van der Waals surface area contributed by atoms with E-state index in [1.54, 1.807) is 32.9 Å². The fourth-order valence-corrected chi connectivity index (χ4v) is 3.39. The van der Waals surface area contributed by atoms with E-state index in [1.165, 1.54) is 6.07 Å². The minimum absolute atomic E-state index is 0.0122. The van der Waals surface area contributed by atoms with Crippen LogP contribution in [0.15, 0.2) is 18.2 Å². The van der Waals surface area contributed by atoms with Gasteiger partial charge in [0.25, 0.3) is 5.92 Å². The van der Waals surface area contributed by atoms with Gasteiger partial charge in [0.05, 0.1) is 19.1 Å². The fraction of sp³-hybridized carbons (Fsp3) is 0.429. The number of halogens is 3. The number of Topliss-reactive ketones (excluding diaryl/α,β-unsaturated/α-hetero) is 1. The first-order chi connectivity index (χ1) is 14.6. The molecule has 0 bridgehead atoms. The largest absolute Gasteiger partial charge is 0.461 e. The topological polar surface area (TPSA) is 87.5 Å². The molecule has 166 valence electrons. The predicted molar refractivity (Wildman–Crippen MR) is 107 cm³/mol. The van der Waals surface area contributed by atoms with Crippen LogP contribution in [0.3, 0.4) is 0 Å². The van der Waals surface area contributed by atoms with E-state index in [0.717, 1.165) is 10.2 Å². The molecule has 0 aliphatic heterocycles. The summed E-state index contributed by atoms with van der Waals surface area (Å²) in [4.78, 5) is 37.8. The molecule has 1 unspecified atom stereocenters. The van der Waals surface area contributed by atoms with Gasteiger partial charge in [-0.15, -0.1) is 0 Å². The highest BCUT2D eigenvalue weighted by atomic mass is 35.5. The third-order valence-corrected chi connectivity index (χ3v) is 5.30. The van der Waals surface area contributed by atoms with Gasteiger partial charge < -0.3 is 9.47 Å². The summed E-state index contributed by atoms with van der Waals surface area (Å²) in [6, 6.07) is 4.68. The SMILES string of the molecule is CCOC(=O)c1nn(CC(=O)c2ccc(C)c(Cl)c2)c(C(=O)OCC)c1C1CC1(F)F. The second-order valence-corrected chi connectivity index (χ2v) is 7.52. The van der Waals surface area contributed by atoms with E-state index in [0.29, 0.717) is 5.02 Å². The quantitative estimate of drug-likeness (QED) is 0.438. The van der Waals surface area contributed by atoms with E-state index in [-0.39, 0.29) is 30.0 Å². The van der Waals surface area contributed by atoms with E-state index >= 15 is 0 Å². The molecular formula is C21H21ClF2N2O5. The molecular weight excluding hydrogens is 434 g/mol. The first kappa shape index (κ1) is 22.9. The summed E-state index contributed by atoms with van der Waals surface area (Å²) in [5.41, 5.74) is 0.00125. The second kappa shape index (κ2) is 8.74. The summed E-state index contributed by atoms with van der Waals surface area (Å²) < 4.78 is 38.7. The van der Waals surface area contributed by atoms with E-state index in [9.17, 15) is 23.2 Å². The molecule has 10 heteroatoms. The van der Waals surface area contributed by atoms with Gasteiger partial charge in [-0.25, -0.2) is 23.1 Å². The lowest BCUT2D eigenvalue weighted by Crippen LogP contribution is -2.19. The molecule has 0 radical (unpaired) electrons. The Morgan fingerprint density at radius 1 is 1.19 bits per heavy atom. The number of rotatable bonds is 8. The number of hydrogen-bond donors (Lipinski definition) is 0. The number of alkyl halides is 2. The Kier molecular flexibility index (Phi) is 6.45. The standard InChI is InChI=1S/C21H21ClF2N2O5/c1-4-30-19(28)17-16(13-9-21(13,23)24)18(20(29)31-5-2)26(25-17)10-15(27)12-7-6-11(3)14(22)8-12/h6-8,13H,4-5,9-10H2,1-3H3. The molecule has 1 aromatic carbocycles. The van der Waals surface area contributed by atoms with Crippen molar-refractivity contribution in [3.63, 3.8) is 0 Å². The monoisotopic (exact) mass is 454 g/mol. The zero-order chi connectivity index (χ0) is 22.9. The molecule has 1 aromatic heterocycles. The van der Waals surface area contributed by atoms with Crippen LogP contribution in [0.25, 0.3) is 0 Å². The summed E-state index contributed by atoms with van der Waals surface area (Å²) >= 11 is 6.08. The Labute approximate surface area is 182 Å². The van der Waals surface area contributed by atoms with Crippen molar-refractivity contribution < 1.29 is 32.6 Å². The summed E-state index contributed by atoms with van der Waals surface area (Å²) in [7, 11) is 0. The molecule has 3 rings (SSSR count). The summed E-state index contributed by atoms with van der Waals surface area (Å²) in [6.45, 7) is 4.37. The van der Waals surface area contributed by atoms with E-state index in [1.807, 2.05) is 0 Å². The minimum Gasteiger partial charge on any atom is -0.461 e. The Morgan fingerprint density at radius 2 is 1.81 bits per heavy atom. The maximum atomic E-state index is 13.9. The van der Waals surface area contributed by atoms with Crippen LogP contribution in [-0.2, 0) is 16.0 Å². The van der Waals surface area contributed by atoms with Crippen molar-refractivity contribution in [3.05, 3.63) is 51.3 Å². The van der Waals surface area contributed by atoms with Crippen molar-refractivity contribution in [2.24, 2.45) is 0 Å². The number of nitrogens with zero attached hydrogens (tertiary/aromatic N) is 2. The second-order valence-electron chi connectivity index (χ2n) is 7.11. The van der Waals surface area contributed by atoms with E-state index in [4.69, 9.17) is 21.1 Å². The molecule has 1 saturated carbocycles. The molecule has 0 amide bonds. The van der Waals surface area contributed by atoms with E-state index in [2.05, 4.69) is 5.10 Å². The molecule has 1 fully saturated rings. The van der Waals surface area contributed by atoms with Gasteiger partial charge in [0.1, 0.15) is 6.54 Å². The maximum absolute atomic E-state index is 13.9. The van der Waals surface area contributed by atoms with E-state index < -0.39 is 48.2 Å². The van der Waals surface area contributed by atoms with Crippen LogP contribution in [-0.4, -0.2) is 46.6 Å². The lowest BCUT2D eigenvalue weighted by atomic mass is 10.1. The van der Waals surface area contributed by atoms with Crippen LogP contribution >= 0.6 is 11.6 Å². The number of ketones is 1. The van der Waals surface area contributed by atoms with Gasteiger partial charge in [-0.1, -0.05) is 23.7 Å². The normalized spacial score (nSPS) is 16.6. The lowest BCUT2D eigenvalue weighted by Gasteiger charge is -2.09. The predicted octanol–water partition coefficient (Wildman–Crippen LogP) is 4.20. The van der Waals surface area contributed by atoms with Crippen LogP contribution in [0.5, 0.6) is 0 Å². The molecule has 1 atom stereocenters. The molecule has 1 heterocycles. The molecule has 7 nitrogen and oxygen atoms in total. The highest BCUT2D eigenvalue weighted by molar-refractivity contribution is 6.31. The van der Waals surface area contributed by atoms with Crippen LogP contribution < -0.4 is 0 Å². The van der Waals surface area contributed by atoms with Crippen molar-refractivity contribution in [2.45, 2.75) is 45.6 Å². The highest BCUT2D eigenvalue weighted by Crippen LogP contribution is 2.57. The Bertz CT molecular complexity index is 1050. The van der Waals surface area contributed by atoms with Gasteiger partial charge in [-0.05, 0) is 32.4 Å². The Morgan fingerprint density at radius 3 is 2.35 bits per heavy atom. The van der Waals surface area contributed by atoms with Crippen molar-refractivity contribution in [3.8, 4) is 0 Å². The first-order valence-corrected chi connectivity index (χ1v) is 10.1. The maximum Gasteiger partial charge on any atom is 0.359 e. The number of hydrogen-bond acceptors (Lipinski definition) is 6. The summed E-state index contributed by atoms with van der Waals surface area (Å²) in [6.07, 6.45) is -0.543. The molecule has 31 heavy (non-hydrogen) atoms. The first-order valence-electron chi connectivity index (χ1n) is 9.72. The van der Waals surface area contributed by atoms with Crippen molar-refractivity contribution in [1.29, 1.82) is 0 Å². The van der Waals surface area contributed by atoms with Crippen molar-refractivity contribution in [1.82, 2.24) is 9.78 Å². The summed E-state index contributed by atoms with van der Waals surface area (Å²) in [5.74, 6) is -6.85. The van der Waals surface area contributed by atoms with Gasteiger partial charge in [-0.2, -0.15) is 5.10 Å². The van der Waals surface area contributed by atoms with Crippen LogP contribution in [0.1, 0.15) is 68.6 Å². The molecule has 2 aromatic rings. The fourth-order valence-electron chi connectivity index (χ4n) is 3.21. The van der Waals surface area contributed by atoms with Crippen LogP contribution in [0.2, 0.25) is 5.02 Å². The number of esters is 2. The number of benzene rings is 1. The third kappa shape index (κ3) is 4.61. The van der Waals surface area contributed by atoms with Crippen molar-refractivity contribution >= 4 is 29.3 Å². The average molecular weight is 455 g/mol. The zero-order valence-corrected chi connectivity index (χ0v) is 18.0. The number of ether oxygens (including phenoxy) is 2. The van der Waals surface area contributed by atoms with Crippen LogP contribution in [0.4, 0.5) is 8.78 Å². The van der Waals surface area contributed by atoms with Gasteiger partial charge in [0.15, 0.2) is 17.2 Å². The Hall–Kier alpha value is -2.81. The molecule has 1 aliphatic rings. The van der Waals surface area contributed by atoms with Gasteiger partial charge in [-0.3, -0.25) is 4.79 Å². The Balaban J connectivity index is 2.08. The number of aryl methyl sites for hydroxylation is 1. The summed E-state index contributed by atoms with van der Waals surface area (Å²) in [5, 5.41) is 4.40. The molecule has 0 spiro atoms. The number of carbonyl (C=O) groups excluding carboxylic acids is 3. The zero-order valence-electron chi connectivity index (χ0n) is 17.2.